The minimum atomic E-state index is -0.910. The molecule has 0 bridgehead atoms. The monoisotopic (exact) mass is 511 g/mol. The van der Waals surface area contributed by atoms with E-state index in [1.54, 1.807) is 0 Å². The first-order valence-electron chi connectivity index (χ1n) is 13.4. The van der Waals surface area contributed by atoms with Crippen molar-refractivity contribution in [2.75, 3.05) is 6.61 Å². The van der Waals surface area contributed by atoms with Crippen LogP contribution in [0.1, 0.15) is 58.1 Å². The zero-order valence-corrected chi connectivity index (χ0v) is 22.7. The smallest absolute Gasteiger partial charge is 0.243 e. The Bertz CT molecular complexity index is 919. The van der Waals surface area contributed by atoms with Crippen molar-refractivity contribution in [2.45, 2.75) is 78.3 Å². The van der Waals surface area contributed by atoms with Crippen LogP contribution in [-0.2, 0) is 27.5 Å². The molecule has 0 radical (unpaired) electrons. The summed E-state index contributed by atoms with van der Waals surface area (Å²) in [6.45, 7) is 8.92. The molecule has 0 aromatic heterocycles. The predicted molar refractivity (Wildman–Crippen MR) is 147 cm³/mol. The van der Waals surface area contributed by atoms with Crippen molar-refractivity contribution in [3.63, 3.8) is 0 Å². The molecule has 2 amide bonds. The molecular formula is C30H45N3O4. The van der Waals surface area contributed by atoms with Crippen molar-refractivity contribution in [1.82, 2.24) is 10.6 Å². The topological polar surface area (TPSA) is 114 Å². The first-order chi connectivity index (χ1) is 17.8. The van der Waals surface area contributed by atoms with Crippen molar-refractivity contribution in [2.24, 2.45) is 23.5 Å². The fourth-order valence-corrected chi connectivity index (χ4v) is 4.43. The van der Waals surface area contributed by atoms with E-state index < -0.39 is 24.1 Å². The lowest BCUT2D eigenvalue weighted by atomic mass is 9.86. The maximum atomic E-state index is 13.4. The van der Waals surface area contributed by atoms with Gasteiger partial charge in [0.2, 0.25) is 11.8 Å². The Morgan fingerprint density at radius 1 is 0.919 bits per heavy atom. The second-order valence-electron chi connectivity index (χ2n) is 10.1. The number of carbonyl (C=O) groups excluding carboxylic acids is 2. The van der Waals surface area contributed by atoms with Gasteiger partial charge >= 0.3 is 0 Å². The molecule has 37 heavy (non-hydrogen) atoms. The lowest BCUT2D eigenvalue weighted by Gasteiger charge is -2.30. The summed E-state index contributed by atoms with van der Waals surface area (Å²) in [6.07, 6.45) is 0.811. The fourth-order valence-electron chi connectivity index (χ4n) is 4.43. The van der Waals surface area contributed by atoms with Crippen LogP contribution in [-0.4, -0.2) is 41.7 Å². The number of nitrogens with two attached hydrogens (primary N) is 1. The Morgan fingerprint density at radius 3 is 2.03 bits per heavy atom. The SMILES string of the molecule is CCC(CC)[C@H](NC(=O)[C@@H](C[C@H](O)[C@@H](N)COCc1ccccc1)C(C)C)C(=O)NCc1ccccc1. The Hall–Kier alpha value is -2.74. The number of nitrogens with one attached hydrogen (secondary N) is 2. The maximum Gasteiger partial charge on any atom is 0.243 e. The van der Waals surface area contributed by atoms with E-state index in [1.807, 2.05) is 88.4 Å². The highest BCUT2D eigenvalue weighted by atomic mass is 16.5. The number of aliphatic hydroxyl groups is 1. The third-order valence-corrected chi connectivity index (χ3v) is 6.96. The number of rotatable bonds is 16. The molecule has 0 aliphatic rings. The first kappa shape index (κ1) is 30.5. The minimum absolute atomic E-state index is 0.00565. The molecule has 2 aromatic rings. The second kappa shape index (κ2) is 16.2. The standard InChI is InChI=1S/C30H45N3O4/c1-5-24(6-2)28(30(36)32-18-22-13-9-7-10-14-22)33-29(35)25(21(3)4)17-27(34)26(31)20-37-19-23-15-11-8-12-16-23/h7-16,21,24-28,34H,5-6,17-20,31H2,1-4H3,(H,32,36)(H,33,35)/t25-,26-,27-,28-/m0/s1. The summed E-state index contributed by atoms with van der Waals surface area (Å²) < 4.78 is 5.69. The van der Waals surface area contributed by atoms with Crippen LogP contribution in [0.2, 0.25) is 0 Å². The zero-order chi connectivity index (χ0) is 27.2. The molecule has 0 saturated heterocycles. The van der Waals surface area contributed by atoms with Crippen LogP contribution in [0.5, 0.6) is 0 Å². The summed E-state index contributed by atoms with van der Waals surface area (Å²) >= 11 is 0. The molecule has 5 N–H and O–H groups in total. The lowest BCUT2D eigenvalue weighted by molar-refractivity contribution is -0.134. The molecule has 7 heteroatoms. The third-order valence-electron chi connectivity index (χ3n) is 6.96. The van der Waals surface area contributed by atoms with Crippen molar-refractivity contribution >= 4 is 11.8 Å². The van der Waals surface area contributed by atoms with Gasteiger partial charge in [-0.15, -0.1) is 0 Å². The zero-order valence-electron chi connectivity index (χ0n) is 22.7. The number of hydrogen-bond acceptors (Lipinski definition) is 5. The third kappa shape index (κ3) is 10.3. The van der Waals surface area contributed by atoms with E-state index in [1.165, 1.54) is 0 Å². The molecule has 0 saturated carbocycles. The Morgan fingerprint density at radius 2 is 1.49 bits per heavy atom. The van der Waals surface area contributed by atoms with E-state index in [-0.39, 0.29) is 36.7 Å². The van der Waals surface area contributed by atoms with Gasteiger partial charge in [-0.25, -0.2) is 0 Å². The van der Waals surface area contributed by atoms with Gasteiger partial charge in [0.25, 0.3) is 0 Å². The number of benzene rings is 2. The number of carbonyl (C=O) groups is 2. The highest BCUT2D eigenvalue weighted by molar-refractivity contribution is 5.88. The molecule has 0 unspecified atom stereocenters. The number of aliphatic hydroxyl groups excluding tert-OH is 1. The van der Waals surface area contributed by atoms with E-state index in [0.717, 1.165) is 24.0 Å². The van der Waals surface area contributed by atoms with E-state index >= 15 is 0 Å². The van der Waals surface area contributed by atoms with E-state index in [9.17, 15) is 14.7 Å². The quantitative estimate of drug-likeness (QED) is 0.274. The van der Waals surface area contributed by atoms with Crippen molar-refractivity contribution < 1.29 is 19.4 Å². The molecule has 0 fully saturated rings. The fraction of sp³-hybridized carbons (Fsp3) is 0.533. The normalized spacial score (nSPS) is 14.7. The summed E-state index contributed by atoms with van der Waals surface area (Å²) in [5.74, 6) is -0.958. The van der Waals surface area contributed by atoms with Crippen LogP contribution >= 0.6 is 0 Å². The van der Waals surface area contributed by atoms with Gasteiger partial charge < -0.3 is 26.2 Å². The number of hydrogen-bond donors (Lipinski definition) is 4. The largest absolute Gasteiger partial charge is 0.391 e. The first-order valence-corrected chi connectivity index (χ1v) is 13.4. The molecule has 2 rings (SSSR count). The van der Waals surface area contributed by atoms with E-state index in [2.05, 4.69) is 10.6 Å². The molecule has 2 aromatic carbocycles. The molecule has 0 aliphatic heterocycles. The summed E-state index contributed by atoms with van der Waals surface area (Å²) in [4.78, 5) is 26.6. The predicted octanol–water partition coefficient (Wildman–Crippen LogP) is 3.79. The van der Waals surface area contributed by atoms with Gasteiger partial charge in [0.15, 0.2) is 0 Å². The van der Waals surface area contributed by atoms with Crippen molar-refractivity contribution in [3.8, 4) is 0 Å². The second-order valence-corrected chi connectivity index (χ2v) is 10.1. The van der Waals surface area contributed by atoms with E-state index in [4.69, 9.17) is 10.5 Å². The molecule has 0 heterocycles. The van der Waals surface area contributed by atoms with Gasteiger partial charge in [0, 0.05) is 12.5 Å². The molecule has 0 spiro atoms. The van der Waals surface area contributed by atoms with Crippen LogP contribution in [0.4, 0.5) is 0 Å². The minimum Gasteiger partial charge on any atom is -0.391 e. The number of ether oxygens (including phenoxy) is 1. The maximum absolute atomic E-state index is 13.4. The number of amides is 2. The van der Waals surface area contributed by atoms with Crippen LogP contribution in [0.3, 0.4) is 0 Å². The van der Waals surface area contributed by atoms with Gasteiger partial charge in [-0.1, -0.05) is 101 Å². The molecule has 7 nitrogen and oxygen atoms in total. The summed E-state index contributed by atoms with van der Waals surface area (Å²) in [6, 6.07) is 18.2. The molecule has 204 valence electrons. The van der Waals surface area contributed by atoms with Gasteiger partial charge in [0.1, 0.15) is 6.04 Å². The Balaban J connectivity index is 1.98. The highest BCUT2D eigenvalue weighted by Gasteiger charge is 2.33. The van der Waals surface area contributed by atoms with Gasteiger partial charge in [-0.2, -0.15) is 0 Å². The van der Waals surface area contributed by atoms with Crippen LogP contribution in [0.25, 0.3) is 0 Å². The lowest BCUT2D eigenvalue weighted by Crippen LogP contribution is -2.53. The average Bonchev–Trinajstić information content (AvgIpc) is 2.91. The van der Waals surface area contributed by atoms with Gasteiger partial charge in [-0.3, -0.25) is 9.59 Å². The van der Waals surface area contributed by atoms with Crippen molar-refractivity contribution in [3.05, 3.63) is 71.8 Å². The summed E-state index contributed by atoms with van der Waals surface area (Å²) in [5, 5.41) is 16.8. The summed E-state index contributed by atoms with van der Waals surface area (Å²) in [7, 11) is 0. The van der Waals surface area contributed by atoms with Gasteiger partial charge in [-0.05, 0) is 29.4 Å². The molecular weight excluding hydrogens is 466 g/mol. The van der Waals surface area contributed by atoms with Crippen molar-refractivity contribution in [1.29, 1.82) is 0 Å². The van der Waals surface area contributed by atoms with Crippen LogP contribution < -0.4 is 16.4 Å². The van der Waals surface area contributed by atoms with Crippen LogP contribution in [0.15, 0.2) is 60.7 Å². The average molecular weight is 512 g/mol. The van der Waals surface area contributed by atoms with Gasteiger partial charge in [0.05, 0.1) is 25.4 Å². The Labute approximate surface area is 222 Å². The van der Waals surface area contributed by atoms with Crippen LogP contribution in [0, 0.1) is 17.8 Å². The van der Waals surface area contributed by atoms with E-state index in [0.29, 0.717) is 13.2 Å². The Kier molecular flexibility index (Phi) is 13.3. The highest BCUT2D eigenvalue weighted by Crippen LogP contribution is 2.21. The molecule has 0 aliphatic carbocycles. The molecule has 4 atom stereocenters. The summed E-state index contributed by atoms with van der Waals surface area (Å²) in [5.41, 5.74) is 8.22.